The Bertz CT molecular complexity index is 654. The molecule has 3 N–H and O–H groups in total. The third-order valence-electron chi connectivity index (χ3n) is 2.86. The molecule has 1 aromatic heterocycles. The lowest BCUT2D eigenvalue weighted by atomic mass is 10.1. The van der Waals surface area contributed by atoms with Gasteiger partial charge in [0.1, 0.15) is 4.88 Å². The van der Waals surface area contributed by atoms with Crippen molar-refractivity contribution in [2.45, 2.75) is 26.7 Å². The zero-order valence-electron chi connectivity index (χ0n) is 11.4. The van der Waals surface area contributed by atoms with Gasteiger partial charge in [0.2, 0.25) is 0 Å². The SMILES string of the molecule is Cc1cc(N)c(Cl)cc1NC(=O)c1snnc1C(C)C. The molecule has 1 aromatic carbocycles. The smallest absolute Gasteiger partial charge is 0.269 e. The largest absolute Gasteiger partial charge is 0.398 e. The van der Waals surface area contributed by atoms with Gasteiger partial charge in [-0.15, -0.1) is 5.10 Å². The Balaban J connectivity index is 2.28. The predicted molar refractivity (Wildman–Crippen MR) is 82.6 cm³/mol. The van der Waals surface area contributed by atoms with Crippen LogP contribution in [0.5, 0.6) is 0 Å². The van der Waals surface area contributed by atoms with E-state index in [0.29, 0.717) is 27.0 Å². The Labute approximate surface area is 126 Å². The van der Waals surface area contributed by atoms with E-state index in [4.69, 9.17) is 17.3 Å². The van der Waals surface area contributed by atoms with Crippen LogP contribution in [-0.2, 0) is 0 Å². The first-order valence-corrected chi connectivity index (χ1v) is 7.24. The van der Waals surface area contributed by atoms with Crippen LogP contribution >= 0.6 is 23.1 Å². The minimum Gasteiger partial charge on any atom is -0.398 e. The van der Waals surface area contributed by atoms with Crippen LogP contribution in [0.15, 0.2) is 12.1 Å². The Morgan fingerprint density at radius 3 is 2.80 bits per heavy atom. The molecule has 0 saturated heterocycles. The molecule has 106 valence electrons. The fourth-order valence-electron chi connectivity index (χ4n) is 1.75. The number of benzene rings is 1. The third-order valence-corrected chi connectivity index (χ3v) is 3.93. The number of halogens is 1. The van der Waals surface area contributed by atoms with E-state index in [1.807, 2.05) is 20.8 Å². The maximum Gasteiger partial charge on any atom is 0.269 e. The molecule has 0 bridgehead atoms. The number of carbonyl (C=O) groups excluding carboxylic acids is 1. The number of hydrogen-bond acceptors (Lipinski definition) is 5. The summed E-state index contributed by atoms with van der Waals surface area (Å²) in [4.78, 5) is 12.8. The molecule has 20 heavy (non-hydrogen) atoms. The van der Waals surface area contributed by atoms with Gasteiger partial charge in [0.15, 0.2) is 0 Å². The summed E-state index contributed by atoms with van der Waals surface area (Å²) in [5, 5.41) is 7.24. The Morgan fingerprint density at radius 1 is 1.45 bits per heavy atom. The molecule has 0 spiro atoms. The Hall–Kier alpha value is -1.66. The molecular formula is C13H15ClN4OS. The third kappa shape index (κ3) is 2.91. The maximum atomic E-state index is 12.3. The molecule has 0 aliphatic rings. The normalized spacial score (nSPS) is 10.8. The van der Waals surface area contributed by atoms with Gasteiger partial charge in [-0.1, -0.05) is 29.9 Å². The van der Waals surface area contributed by atoms with Crippen molar-refractivity contribution in [2.75, 3.05) is 11.1 Å². The van der Waals surface area contributed by atoms with Crippen molar-refractivity contribution < 1.29 is 4.79 Å². The van der Waals surface area contributed by atoms with E-state index in [0.717, 1.165) is 17.1 Å². The molecule has 0 aliphatic carbocycles. The van der Waals surface area contributed by atoms with Crippen molar-refractivity contribution in [3.05, 3.63) is 33.3 Å². The molecular weight excluding hydrogens is 296 g/mol. The van der Waals surface area contributed by atoms with Crippen LogP contribution in [-0.4, -0.2) is 15.5 Å². The number of rotatable bonds is 3. The van der Waals surface area contributed by atoms with Crippen LogP contribution in [0.1, 0.15) is 40.7 Å². The van der Waals surface area contributed by atoms with Crippen LogP contribution < -0.4 is 11.1 Å². The van der Waals surface area contributed by atoms with Crippen molar-refractivity contribution in [1.29, 1.82) is 0 Å². The number of nitrogens with two attached hydrogens (primary N) is 1. The van der Waals surface area contributed by atoms with Gasteiger partial charge in [-0.25, -0.2) is 0 Å². The maximum absolute atomic E-state index is 12.3. The Morgan fingerprint density at radius 2 is 2.15 bits per heavy atom. The van der Waals surface area contributed by atoms with Crippen LogP contribution in [0.25, 0.3) is 0 Å². The molecule has 1 heterocycles. The standard InChI is InChI=1S/C13H15ClN4OS/c1-6(2)11-12(20-18-17-11)13(19)16-10-5-8(14)9(15)4-7(10)3/h4-6H,15H2,1-3H3,(H,16,19). The summed E-state index contributed by atoms with van der Waals surface area (Å²) in [5.41, 5.74) is 8.39. The molecule has 2 aromatic rings. The summed E-state index contributed by atoms with van der Waals surface area (Å²) in [7, 11) is 0. The van der Waals surface area contributed by atoms with Gasteiger partial charge in [0, 0.05) is 5.69 Å². The van der Waals surface area contributed by atoms with E-state index < -0.39 is 0 Å². The molecule has 5 nitrogen and oxygen atoms in total. The first kappa shape index (κ1) is 14.7. The molecule has 0 saturated carbocycles. The molecule has 7 heteroatoms. The number of aryl methyl sites for hydroxylation is 1. The number of carbonyl (C=O) groups is 1. The fourth-order valence-corrected chi connectivity index (χ4v) is 2.63. The predicted octanol–water partition coefficient (Wildman–Crippen LogP) is 3.46. The van der Waals surface area contributed by atoms with Gasteiger partial charge < -0.3 is 11.1 Å². The van der Waals surface area contributed by atoms with Crippen molar-refractivity contribution in [2.24, 2.45) is 0 Å². The summed E-state index contributed by atoms with van der Waals surface area (Å²) in [6.45, 7) is 5.80. The van der Waals surface area contributed by atoms with Crippen LogP contribution in [0, 0.1) is 6.92 Å². The summed E-state index contributed by atoms with van der Waals surface area (Å²) in [6.07, 6.45) is 0. The fraction of sp³-hybridized carbons (Fsp3) is 0.308. The number of nitrogens with one attached hydrogen (secondary N) is 1. The second-order valence-corrected chi connectivity index (χ2v) is 5.95. The average Bonchev–Trinajstić information content (AvgIpc) is 2.85. The van der Waals surface area contributed by atoms with Gasteiger partial charge in [0.05, 0.1) is 16.4 Å². The highest BCUT2D eigenvalue weighted by Crippen LogP contribution is 2.28. The van der Waals surface area contributed by atoms with E-state index in [-0.39, 0.29) is 11.8 Å². The number of aromatic nitrogens is 2. The van der Waals surface area contributed by atoms with Crippen LogP contribution in [0.2, 0.25) is 5.02 Å². The van der Waals surface area contributed by atoms with Gasteiger partial charge >= 0.3 is 0 Å². The molecule has 0 atom stereocenters. The summed E-state index contributed by atoms with van der Waals surface area (Å²) < 4.78 is 3.84. The molecule has 0 aliphatic heterocycles. The number of nitrogens with zero attached hydrogens (tertiary/aromatic N) is 2. The van der Waals surface area contributed by atoms with Gasteiger partial charge in [-0.3, -0.25) is 4.79 Å². The van der Waals surface area contributed by atoms with E-state index >= 15 is 0 Å². The van der Waals surface area contributed by atoms with Crippen molar-refractivity contribution >= 4 is 40.4 Å². The first-order chi connectivity index (χ1) is 9.40. The lowest BCUT2D eigenvalue weighted by Gasteiger charge is -2.10. The summed E-state index contributed by atoms with van der Waals surface area (Å²) in [6, 6.07) is 3.37. The summed E-state index contributed by atoms with van der Waals surface area (Å²) >= 11 is 7.07. The number of anilines is 2. The molecule has 0 unspecified atom stereocenters. The van der Waals surface area contributed by atoms with Gasteiger partial charge in [0.25, 0.3) is 5.91 Å². The Kier molecular flexibility index (Phi) is 4.25. The lowest BCUT2D eigenvalue weighted by molar-refractivity contribution is 0.102. The minimum atomic E-state index is -0.229. The van der Waals surface area contributed by atoms with E-state index in [9.17, 15) is 4.79 Å². The van der Waals surface area contributed by atoms with Crippen molar-refractivity contribution in [1.82, 2.24) is 9.59 Å². The topological polar surface area (TPSA) is 80.9 Å². The molecule has 1 amide bonds. The van der Waals surface area contributed by atoms with Gasteiger partial charge in [-0.05, 0) is 42.1 Å². The first-order valence-electron chi connectivity index (χ1n) is 6.09. The van der Waals surface area contributed by atoms with E-state index in [2.05, 4.69) is 14.9 Å². The second kappa shape index (κ2) is 5.76. The summed E-state index contributed by atoms with van der Waals surface area (Å²) in [5.74, 6) is -0.0850. The lowest BCUT2D eigenvalue weighted by Crippen LogP contribution is -2.14. The van der Waals surface area contributed by atoms with E-state index in [1.165, 1.54) is 0 Å². The highest BCUT2D eigenvalue weighted by atomic mass is 35.5. The number of amides is 1. The monoisotopic (exact) mass is 310 g/mol. The highest BCUT2D eigenvalue weighted by molar-refractivity contribution is 7.08. The zero-order chi connectivity index (χ0) is 14.9. The zero-order valence-corrected chi connectivity index (χ0v) is 13.0. The number of nitrogen functional groups attached to an aromatic ring is 1. The van der Waals surface area contributed by atoms with Crippen LogP contribution in [0.4, 0.5) is 11.4 Å². The van der Waals surface area contributed by atoms with Crippen LogP contribution in [0.3, 0.4) is 0 Å². The van der Waals surface area contributed by atoms with E-state index in [1.54, 1.807) is 12.1 Å². The quantitative estimate of drug-likeness (QED) is 0.851. The number of hydrogen-bond donors (Lipinski definition) is 2. The highest BCUT2D eigenvalue weighted by Gasteiger charge is 2.19. The molecule has 0 fully saturated rings. The molecule has 2 rings (SSSR count). The van der Waals surface area contributed by atoms with Crippen molar-refractivity contribution in [3.63, 3.8) is 0 Å². The second-order valence-electron chi connectivity index (χ2n) is 4.78. The van der Waals surface area contributed by atoms with Gasteiger partial charge in [-0.2, -0.15) is 0 Å². The minimum absolute atomic E-state index is 0.144. The average molecular weight is 311 g/mol. The molecule has 0 radical (unpaired) electrons. The van der Waals surface area contributed by atoms with Crippen molar-refractivity contribution in [3.8, 4) is 0 Å².